The Morgan fingerprint density at radius 2 is 1.74 bits per heavy atom. The number of alkyl halides is 3. The highest BCUT2D eigenvalue weighted by Gasteiger charge is 2.31. The second-order valence-electron chi connectivity index (χ2n) is 4.95. The molecule has 0 atom stereocenters. The van der Waals surface area contributed by atoms with E-state index in [0.29, 0.717) is 6.07 Å². The third-order valence-electron chi connectivity index (χ3n) is 3.43. The van der Waals surface area contributed by atoms with Gasteiger partial charge in [0, 0.05) is 12.1 Å². The second kappa shape index (κ2) is 5.36. The molecule has 0 aliphatic heterocycles. The Hall–Kier alpha value is -1.30. The van der Waals surface area contributed by atoms with Crippen LogP contribution in [0, 0.1) is 5.82 Å². The Balaban J connectivity index is 2.05. The summed E-state index contributed by atoms with van der Waals surface area (Å²) in [6, 6.07) is 2.81. The smallest absolute Gasteiger partial charge is 0.380 e. The molecule has 6 heteroatoms. The van der Waals surface area contributed by atoms with Crippen LogP contribution in [0.3, 0.4) is 0 Å². The number of anilines is 1. The lowest BCUT2D eigenvalue weighted by molar-refractivity contribution is -0.137. The van der Waals surface area contributed by atoms with Gasteiger partial charge in [0.25, 0.3) is 0 Å². The minimum Gasteiger partial charge on any atom is -0.380 e. The summed E-state index contributed by atoms with van der Waals surface area (Å²) < 4.78 is 50.8. The lowest BCUT2D eigenvalue weighted by Gasteiger charge is -2.27. The molecule has 1 aliphatic rings. The zero-order valence-corrected chi connectivity index (χ0v) is 10.3. The molecule has 1 saturated carbocycles. The number of benzene rings is 1. The molecular weight excluding hydrogens is 260 g/mol. The van der Waals surface area contributed by atoms with E-state index in [-0.39, 0.29) is 17.8 Å². The second-order valence-corrected chi connectivity index (χ2v) is 4.95. The maximum Gasteiger partial charge on any atom is 0.416 e. The summed E-state index contributed by atoms with van der Waals surface area (Å²) in [5.74, 6) is -0.871. The predicted octanol–water partition coefficient (Wildman–Crippen LogP) is 3.53. The van der Waals surface area contributed by atoms with Crippen molar-refractivity contribution in [1.82, 2.24) is 0 Å². The van der Waals surface area contributed by atoms with Gasteiger partial charge in [-0.1, -0.05) is 0 Å². The molecule has 0 unspecified atom stereocenters. The SMILES string of the molecule is NC1CCC(Nc2ccc(C(F)(F)F)cc2F)CC1. The predicted molar refractivity (Wildman–Crippen MR) is 65.3 cm³/mol. The Morgan fingerprint density at radius 1 is 1.11 bits per heavy atom. The van der Waals surface area contributed by atoms with Gasteiger partial charge in [0.05, 0.1) is 11.3 Å². The Labute approximate surface area is 109 Å². The quantitative estimate of drug-likeness (QED) is 0.811. The van der Waals surface area contributed by atoms with Crippen molar-refractivity contribution in [3.05, 3.63) is 29.6 Å². The topological polar surface area (TPSA) is 38.0 Å². The largest absolute Gasteiger partial charge is 0.416 e. The van der Waals surface area contributed by atoms with Crippen LogP contribution in [0.15, 0.2) is 18.2 Å². The van der Waals surface area contributed by atoms with Crippen molar-refractivity contribution >= 4 is 5.69 Å². The average Bonchev–Trinajstić information content (AvgIpc) is 2.33. The lowest BCUT2D eigenvalue weighted by Crippen LogP contribution is -2.33. The van der Waals surface area contributed by atoms with Crippen molar-refractivity contribution in [2.75, 3.05) is 5.32 Å². The van der Waals surface area contributed by atoms with E-state index in [1.807, 2.05) is 0 Å². The molecule has 0 bridgehead atoms. The summed E-state index contributed by atoms with van der Waals surface area (Å²) in [5, 5.41) is 2.95. The summed E-state index contributed by atoms with van der Waals surface area (Å²) in [5.41, 5.74) is 4.91. The normalized spacial score (nSPS) is 24.3. The maximum atomic E-state index is 13.6. The summed E-state index contributed by atoms with van der Waals surface area (Å²) in [4.78, 5) is 0. The molecule has 1 aromatic carbocycles. The molecule has 1 fully saturated rings. The molecule has 0 radical (unpaired) electrons. The molecule has 106 valence electrons. The fourth-order valence-electron chi connectivity index (χ4n) is 2.29. The molecule has 19 heavy (non-hydrogen) atoms. The number of nitrogens with one attached hydrogen (secondary N) is 1. The van der Waals surface area contributed by atoms with Crippen LogP contribution in [0.5, 0.6) is 0 Å². The number of nitrogens with two attached hydrogens (primary N) is 1. The van der Waals surface area contributed by atoms with Gasteiger partial charge in [-0.15, -0.1) is 0 Å². The molecule has 1 aromatic rings. The summed E-state index contributed by atoms with van der Waals surface area (Å²) in [6.07, 6.45) is -1.21. The van der Waals surface area contributed by atoms with Crippen LogP contribution in [0.2, 0.25) is 0 Å². The monoisotopic (exact) mass is 276 g/mol. The molecule has 0 amide bonds. The van der Waals surface area contributed by atoms with Crippen LogP contribution >= 0.6 is 0 Å². The van der Waals surface area contributed by atoms with Gasteiger partial charge in [0.1, 0.15) is 5.82 Å². The first-order chi connectivity index (χ1) is 8.86. The molecule has 2 rings (SSSR count). The van der Waals surface area contributed by atoms with Crippen molar-refractivity contribution in [1.29, 1.82) is 0 Å². The number of hydrogen-bond acceptors (Lipinski definition) is 2. The number of hydrogen-bond donors (Lipinski definition) is 2. The van der Waals surface area contributed by atoms with E-state index in [2.05, 4.69) is 5.32 Å². The van der Waals surface area contributed by atoms with Crippen molar-refractivity contribution in [2.45, 2.75) is 43.9 Å². The fraction of sp³-hybridized carbons (Fsp3) is 0.538. The van der Waals surface area contributed by atoms with Gasteiger partial charge in [0.2, 0.25) is 0 Å². The zero-order chi connectivity index (χ0) is 14.0. The molecule has 0 aromatic heterocycles. The Bertz CT molecular complexity index is 437. The van der Waals surface area contributed by atoms with E-state index in [4.69, 9.17) is 5.73 Å². The van der Waals surface area contributed by atoms with Crippen LogP contribution in [0.25, 0.3) is 0 Å². The van der Waals surface area contributed by atoms with Crippen LogP contribution in [0.1, 0.15) is 31.2 Å². The van der Waals surface area contributed by atoms with Crippen molar-refractivity contribution in [3.63, 3.8) is 0 Å². The maximum absolute atomic E-state index is 13.6. The number of rotatable bonds is 2. The molecule has 0 heterocycles. The summed E-state index contributed by atoms with van der Waals surface area (Å²) >= 11 is 0. The first-order valence-corrected chi connectivity index (χ1v) is 6.25. The van der Waals surface area contributed by atoms with Crippen molar-refractivity contribution in [2.24, 2.45) is 5.73 Å². The van der Waals surface area contributed by atoms with Crippen LogP contribution in [-0.2, 0) is 6.18 Å². The first-order valence-electron chi connectivity index (χ1n) is 6.25. The standard InChI is InChI=1S/C13H16F4N2/c14-11-7-8(13(15,16)17)1-6-12(11)19-10-4-2-9(18)3-5-10/h1,6-7,9-10,19H,2-5,18H2. The molecule has 0 saturated heterocycles. The van der Waals surface area contributed by atoms with E-state index < -0.39 is 17.6 Å². The van der Waals surface area contributed by atoms with Crippen LogP contribution in [0.4, 0.5) is 23.2 Å². The fourth-order valence-corrected chi connectivity index (χ4v) is 2.29. The van der Waals surface area contributed by atoms with Gasteiger partial charge in [-0.05, 0) is 43.9 Å². The van der Waals surface area contributed by atoms with Crippen molar-refractivity contribution in [3.8, 4) is 0 Å². The van der Waals surface area contributed by atoms with Gasteiger partial charge in [-0.2, -0.15) is 13.2 Å². The van der Waals surface area contributed by atoms with Crippen LogP contribution in [-0.4, -0.2) is 12.1 Å². The van der Waals surface area contributed by atoms with E-state index in [9.17, 15) is 17.6 Å². The van der Waals surface area contributed by atoms with E-state index in [1.54, 1.807) is 0 Å². The Morgan fingerprint density at radius 3 is 2.26 bits per heavy atom. The van der Waals surface area contributed by atoms with E-state index in [0.717, 1.165) is 37.8 Å². The zero-order valence-electron chi connectivity index (χ0n) is 10.3. The van der Waals surface area contributed by atoms with Gasteiger partial charge in [-0.3, -0.25) is 0 Å². The number of halogens is 4. The molecule has 3 N–H and O–H groups in total. The molecule has 2 nitrogen and oxygen atoms in total. The van der Waals surface area contributed by atoms with E-state index >= 15 is 0 Å². The highest BCUT2D eigenvalue weighted by Crippen LogP contribution is 2.32. The lowest BCUT2D eigenvalue weighted by atomic mass is 9.91. The van der Waals surface area contributed by atoms with Gasteiger partial charge >= 0.3 is 6.18 Å². The molecule has 1 aliphatic carbocycles. The molecule has 0 spiro atoms. The Kier molecular flexibility index (Phi) is 3.99. The van der Waals surface area contributed by atoms with Gasteiger partial charge in [0.15, 0.2) is 0 Å². The third-order valence-corrected chi connectivity index (χ3v) is 3.43. The minimum absolute atomic E-state index is 0.0750. The highest BCUT2D eigenvalue weighted by atomic mass is 19.4. The average molecular weight is 276 g/mol. The molecular formula is C13H16F4N2. The summed E-state index contributed by atoms with van der Waals surface area (Å²) in [7, 11) is 0. The highest BCUT2D eigenvalue weighted by molar-refractivity contribution is 5.47. The van der Waals surface area contributed by atoms with Gasteiger partial charge < -0.3 is 11.1 Å². The van der Waals surface area contributed by atoms with Crippen molar-refractivity contribution < 1.29 is 17.6 Å². The minimum atomic E-state index is -4.52. The van der Waals surface area contributed by atoms with Gasteiger partial charge in [-0.25, -0.2) is 4.39 Å². The van der Waals surface area contributed by atoms with Crippen LogP contribution < -0.4 is 11.1 Å². The third kappa shape index (κ3) is 3.59. The van der Waals surface area contributed by atoms with E-state index in [1.165, 1.54) is 0 Å². The first kappa shape index (κ1) is 14.1. The summed E-state index contributed by atoms with van der Waals surface area (Å²) in [6.45, 7) is 0.